The van der Waals surface area contributed by atoms with Gasteiger partial charge in [-0.2, -0.15) is 0 Å². The van der Waals surface area contributed by atoms with Crippen molar-refractivity contribution in [2.45, 2.75) is 19.3 Å². The van der Waals surface area contributed by atoms with Gasteiger partial charge < -0.3 is 0 Å². The average Bonchev–Trinajstić information content (AvgIpc) is 3.15. The van der Waals surface area contributed by atoms with Gasteiger partial charge in [-0.25, -0.2) is 9.97 Å². The first-order valence-electron chi connectivity index (χ1n) is 12.1. The van der Waals surface area contributed by atoms with Crippen LogP contribution in [0, 0.1) is 0 Å². The van der Waals surface area contributed by atoms with Gasteiger partial charge in [0, 0.05) is 16.5 Å². The molecule has 0 saturated carbocycles. The second-order valence-electron chi connectivity index (χ2n) is 9.87. The summed E-state index contributed by atoms with van der Waals surface area (Å²) < 4.78 is 0. The van der Waals surface area contributed by atoms with Crippen molar-refractivity contribution >= 4 is 21.8 Å². The summed E-state index contributed by atoms with van der Waals surface area (Å²) in [6.45, 7) is 4.68. The Morgan fingerprint density at radius 2 is 1.20 bits per heavy atom. The van der Waals surface area contributed by atoms with Gasteiger partial charge in [-0.3, -0.25) is 0 Å². The van der Waals surface area contributed by atoms with Crippen LogP contribution < -0.4 is 0 Å². The molecule has 0 saturated heterocycles. The molecule has 5 aromatic carbocycles. The Bertz CT molecular complexity index is 1760. The van der Waals surface area contributed by atoms with Crippen molar-refractivity contribution in [3.05, 3.63) is 120 Å². The Kier molecular flexibility index (Phi) is 4.22. The van der Waals surface area contributed by atoms with E-state index in [2.05, 4.69) is 92.7 Å². The first-order chi connectivity index (χ1) is 17.1. The van der Waals surface area contributed by atoms with Crippen LogP contribution in [0.4, 0.5) is 0 Å². The standard InChI is InChI=1S/C33H24N2/c1-33(2)27-13-7-6-12-25(27)26-19-16-22-20-23(17-18-24(22)30(26)33)32-31(21-10-4-3-5-11-21)34-28-14-8-9-15-29(28)35-32/h3-20H,1-2H3. The van der Waals surface area contributed by atoms with Gasteiger partial charge in [0.2, 0.25) is 0 Å². The zero-order chi connectivity index (χ0) is 23.6. The van der Waals surface area contributed by atoms with Crippen molar-refractivity contribution in [3.8, 4) is 33.6 Å². The molecule has 35 heavy (non-hydrogen) atoms. The van der Waals surface area contributed by atoms with Crippen molar-refractivity contribution in [3.63, 3.8) is 0 Å². The first-order valence-corrected chi connectivity index (χ1v) is 12.1. The molecule has 6 aromatic rings. The normalized spacial score (nSPS) is 13.7. The van der Waals surface area contributed by atoms with Gasteiger partial charge in [0.05, 0.1) is 22.4 Å². The van der Waals surface area contributed by atoms with Crippen LogP contribution in [0.15, 0.2) is 109 Å². The molecular weight excluding hydrogens is 424 g/mol. The maximum absolute atomic E-state index is 5.10. The molecule has 2 nitrogen and oxygen atoms in total. The third-order valence-corrected chi connectivity index (χ3v) is 7.43. The fourth-order valence-corrected chi connectivity index (χ4v) is 5.77. The molecule has 0 fully saturated rings. The Morgan fingerprint density at radius 3 is 1.97 bits per heavy atom. The second-order valence-corrected chi connectivity index (χ2v) is 9.87. The maximum Gasteiger partial charge on any atom is 0.0973 e. The van der Waals surface area contributed by atoms with Gasteiger partial charge in [0.15, 0.2) is 0 Å². The molecule has 0 atom stereocenters. The number of rotatable bonds is 2. The highest BCUT2D eigenvalue weighted by Crippen LogP contribution is 2.51. The van der Waals surface area contributed by atoms with Crippen LogP contribution in [0.1, 0.15) is 25.0 Å². The van der Waals surface area contributed by atoms with E-state index in [4.69, 9.17) is 9.97 Å². The molecular formula is C33H24N2. The zero-order valence-corrected chi connectivity index (χ0v) is 19.8. The molecule has 1 aliphatic carbocycles. The van der Waals surface area contributed by atoms with Crippen molar-refractivity contribution in [1.29, 1.82) is 0 Å². The molecule has 166 valence electrons. The van der Waals surface area contributed by atoms with Gasteiger partial charge in [0.1, 0.15) is 0 Å². The van der Waals surface area contributed by atoms with Gasteiger partial charge in [-0.05, 0) is 51.2 Å². The summed E-state index contributed by atoms with van der Waals surface area (Å²) in [5.41, 5.74) is 11.3. The summed E-state index contributed by atoms with van der Waals surface area (Å²) in [6, 6.07) is 38.6. The monoisotopic (exact) mass is 448 g/mol. The highest BCUT2D eigenvalue weighted by atomic mass is 14.8. The molecule has 0 radical (unpaired) electrons. The second kappa shape index (κ2) is 7.35. The quantitative estimate of drug-likeness (QED) is 0.266. The predicted octanol–water partition coefficient (Wildman–Crippen LogP) is 8.42. The number of para-hydroxylation sites is 2. The summed E-state index contributed by atoms with van der Waals surface area (Å²) in [4.78, 5) is 10.1. The van der Waals surface area contributed by atoms with Crippen LogP contribution in [0.25, 0.3) is 55.4 Å². The van der Waals surface area contributed by atoms with Crippen molar-refractivity contribution in [2.75, 3.05) is 0 Å². The van der Waals surface area contributed by atoms with E-state index in [1.807, 2.05) is 30.3 Å². The minimum atomic E-state index is -0.0368. The lowest BCUT2D eigenvalue weighted by Gasteiger charge is -2.23. The van der Waals surface area contributed by atoms with Gasteiger partial charge >= 0.3 is 0 Å². The van der Waals surface area contributed by atoms with Crippen LogP contribution in [-0.4, -0.2) is 9.97 Å². The molecule has 1 heterocycles. The van der Waals surface area contributed by atoms with E-state index in [-0.39, 0.29) is 5.41 Å². The summed E-state index contributed by atoms with van der Waals surface area (Å²) in [7, 11) is 0. The SMILES string of the molecule is CC1(C)c2ccccc2-c2ccc3cc(-c4nc5ccccc5nc4-c4ccccc4)ccc3c21. The minimum absolute atomic E-state index is 0.0368. The highest BCUT2D eigenvalue weighted by Gasteiger charge is 2.36. The molecule has 0 N–H and O–H groups in total. The van der Waals surface area contributed by atoms with Crippen molar-refractivity contribution < 1.29 is 0 Å². The van der Waals surface area contributed by atoms with Crippen LogP contribution in [0.2, 0.25) is 0 Å². The number of hydrogen-bond acceptors (Lipinski definition) is 2. The number of nitrogens with zero attached hydrogens (tertiary/aromatic N) is 2. The molecule has 0 aliphatic heterocycles. The Balaban J connectivity index is 1.47. The summed E-state index contributed by atoms with van der Waals surface area (Å²) in [6.07, 6.45) is 0. The third kappa shape index (κ3) is 2.96. The van der Waals surface area contributed by atoms with E-state index >= 15 is 0 Å². The molecule has 0 spiro atoms. The predicted molar refractivity (Wildman–Crippen MR) is 145 cm³/mol. The summed E-state index contributed by atoms with van der Waals surface area (Å²) in [5.74, 6) is 0. The van der Waals surface area contributed by atoms with Gasteiger partial charge in [0.25, 0.3) is 0 Å². The smallest absolute Gasteiger partial charge is 0.0973 e. The minimum Gasteiger partial charge on any atom is -0.244 e. The molecule has 0 unspecified atom stereocenters. The number of fused-ring (bicyclic) bond motifs is 6. The molecule has 1 aromatic heterocycles. The van der Waals surface area contributed by atoms with E-state index in [0.717, 1.165) is 33.5 Å². The molecule has 2 heteroatoms. The average molecular weight is 449 g/mol. The van der Waals surface area contributed by atoms with Crippen molar-refractivity contribution in [2.24, 2.45) is 0 Å². The molecule has 1 aliphatic rings. The number of benzene rings is 5. The first kappa shape index (κ1) is 20.1. The van der Waals surface area contributed by atoms with Gasteiger partial charge in [-0.15, -0.1) is 0 Å². The highest BCUT2D eigenvalue weighted by molar-refractivity contribution is 5.99. The fraction of sp³-hybridized carbons (Fsp3) is 0.0909. The topological polar surface area (TPSA) is 25.8 Å². The Morgan fingerprint density at radius 1 is 0.543 bits per heavy atom. The lowest BCUT2D eigenvalue weighted by atomic mass is 9.80. The summed E-state index contributed by atoms with van der Waals surface area (Å²) in [5, 5.41) is 2.54. The number of aromatic nitrogens is 2. The molecule has 0 bridgehead atoms. The summed E-state index contributed by atoms with van der Waals surface area (Å²) >= 11 is 0. The van der Waals surface area contributed by atoms with Crippen LogP contribution in [0.5, 0.6) is 0 Å². The Hall–Kier alpha value is -4.30. The lowest BCUT2D eigenvalue weighted by Crippen LogP contribution is -2.15. The van der Waals surface area contributed by atoms with Crippen LogP contribution in [0.3, 0.4) is 0 Å². The van der Waals surface area contributed by atoms with Crippen LogP contribution in [-0.2, 0) is 5.41 Å². The fourth-order valence-electron chi connectivity index (χ4n) is 5.77. The Labute approximate surface area is 204 Å². The largest absolute Gasteiger partial charge is 0.244 e. The van der Waals surface area contributed by atoms with Gasteiger partial charge in [-0.1, -0.05) is 105 Å². The van der Waals surface area contributed by atoms with E-state index in [0.29, 0.717) is 0 Å². The number of hydrogen-bond donors (Lipinski definition) is 0. The molecule has 7 rings (SSSR count). The van der Waals surface area contributed by atoms with E-state index in [1.54, 1.807) is 0 Å². The van der Waals surface area contributed by atoms with E-state index in [1.165, 1.54) is 33.0 Å². The third-order valence-electron chi connectivity index (χ3n) is 7.43. The zero-order valence-electron chi connectivity index (χ0n) is 19.8. The van der Waals surface area contributed by atoms with E-state index in [9.17, 15) is 0 Å². The lowest BCUT2D eigenvalue weighted by molar-refractivity contribution is 0.666. The van der Waals surface area contributed by atoms with E-state index < -0.39 is 0 Å². The van der Waals surface area contributed by atoms with Crippen molar-refractivity contribution in [1.82, 2.24) is 9.97 Å². The van der Waals surface area contributed by atoms with Crippen LogP contribution >= 0.6 is 0 Å². The maximum atomic E-state index is 5.10. The molecule has 0 amide bonds.